The van der Waals surface area contributed by atoms with Crippen molar-refractivity contribution in [2.75, 3.05) is 53.6 Å². The Morgan fingerprint density at radius 2 is 1.81 bits per heavy atom. The van der Waals surface area contributed by atoms with Gasteiger partial charge in [-0.3, -0.25) is 0 Å². The van der Waals surface area contributed by atoms with Gasteiger partial charge in [0.2, 0.25) is 0 Å². The van der Waals surface area contributed by atoms with Crippen LogP contribution in [0.1, 0.15) is 25.7 Å². The van der Waals surface area contributed by atoms with Crippen LogP contribution in [0.3, 0.4) is 0 Å². The van der Waals surface area contributed by atoms with E-state index in [9.17, 15) is 0 Å². The fraction of sp³-hybridized carbons (Fsp3) is 1.00. The molecule has 0 spiro atoms. The highest BCUT2D eigenvalue weighted by Crippen LogP contribution is 1.97. The Morgan fingerprint density at radius 3 is 2.50 bits per heavy atom. The number of ether oxygens (including phenoxy) is 1. The van der Waals surface area contributed by atoms with Gasteiger partial charge in [-0.15, -0.1) is 0 Å². The van der Waals surface area contributed by atoms with Crippen LogP contribution in [-0.4, -0.2) is 63.6 Å². The van der Waals surface area contributed by atoms with Gasteiger partial charge in [0.1, 0.15) is 0 Å². The van der Waals surface area contributed by atoms with E-state index in [1.807, 2.05) is 0 Å². The smallest absolute Gasteiger partial charge is 0.0589 e. The molecule has 0 aromatic rings. The van der Waals surface area contributed by atoms with Gasteiger partial charge in [0, 0.05) is 33.4 Å². The summed E-state index contributed by atoms with van der Waals surface area (Å²) in [7, 11) is 3.85. The Morgan fingerprint density at radius 1 is 1.06 bits per heavy atom. The van der Waals surface area contributed by atoms with Crippen LogP contribution >= 0.6 is 0 Å². The molecule has 0 aliphatic heterocycles. The predicted octanol–water partition coefficient (Wildman–Crippen LogP) is 0.707. The van der Waals surface area contributed by atoms with Crippen LogP contribution in [0.5, 0.6) is 0 Å². The molecular formula is C12H28N2O2. The molecule has 0 saturated heterocycles. The molecule has 0 bridgehead atoms. The molecule has 4 nitrogen and oxygen atoms in total. The van der Waals surface area contributed by atoms with Crippen molar-refractivity contribution in [3.63, 3.8) is 0 Å². The predicted molar refractivity (Wildman–Crippen MR) is 67.8 cm³/mol. The van der Waals surface area contributed by atoms with Gasteiger partial charge in [-0.1, -0.05) is 12.8 Å². The van der Waals surface area contributed by atoms with Gasteiger partial charge in [0.25, 0.3) is 0 Å². The normalized spacial score (nSPS) is 11.2. The maximum absolute atomic E-state index is 8.61. The van der Waals surface area contributed by atoms with E-state index < -0.39 is 0 Å². The van der Waals surface area contributed by atoms with Gasteiger partial charge in [-0.2, -0.15) is 0 Å². The zero-order chi connectivity index (χ0) is 12.1. The van der Waals surface area contributed by atoms with Gasteiger partial charge >= 0.3 is 0 Å². The lowest BCUT2D eigenvalue weighted by atomic mass is 10.2. The summed E-state index contributed by atoms with van der Waals surface area (Å²) in [5.74, 6) is 0. The van der Waals surface area contributed by atoms with E-state index in [1.54, 1.807) is 7.11 Å². The van der Waals surface area contributed by atoms with Crippen molar-refractivity contribution < 1.29 is 9.84 Å². The van der Waals surface area contributed by atoms with Crippen molar-refractivity contribution in [3.05, 3.63) is 0 Å². The average Bonchev–Trinajstić information content (AvgIpc) is 2.30. The molecule has 0 saturated carbocycles. The maximum Gasteiger partial charge on any atom is 0.0589 e. The molecule has 98 valence electrons. The van der Waals surface area contributed by atoms with Crippen LogP contribution in [0.4, 0.5) is 0 Å². The quantitative estimate of drug-likeness (QED) is 0.486. The fourth-order valence-corrected chi connectivity index (χ4v) is 1.47. The van der Waals surface area contributed by atoms with Gasteiger partial charge in [0.15, 0.2) is 0 Å². The summed E-state index contributed by atoms with van der Waals surface area (Å²) in [4.78, 5) is 2.27. The summed E-state index contributed by atoms with van der Waals surface area (Å²) in [6, 6.07) is 0. The van der Waals surface area contributed by atoms with E-state index in [2.05, 4.69) is 17.3 Å². The van der Waals surface area contributed by atoms with Gasteiger partial charge in [-0.25, -0.2) is 0 Å². The van der Waals surface area contributed by atoms with Crippen molar-refractivity contribution in [1.82, 2.24) is 10.2 Å². The van der Waals surface area contributed by atoms with E-state index in [0.29, 0.717) is 6.61 Å². The minimum atomic E-state index is 0.331. The molecule has 16 heavy (non-hydrogen) atoms. The number of methoxy groups -OCH3 is 1. The van der Waals surface area contributed by atoms with Crippen LogP contribution in [0.2, 0.25) is 0 Å². The van der Waals surface area contributed by atoms with Gasteiger partial charge in [-0.05, 0) is 26.4 Å². The third kappa shape index (κ3) is 11.9. The fourth-order valence-electron chi connectivity index (χ4n) is 1.47. The Labute approximate surface area is 100.0 Å². The van der Waals surface area contributed by atoms with Crippen molar-refractivity contribution in [3.8, 4) is 0 Å². The first-order valence-corrected chi connectivity index (χ1v) is 6.30. The highest BCUT2D eigenvalue weighted by Gasteiger charge is 1.96. The summed E-state index contributed by atoms with van der Waals surface area (Å²) in [6.45, 7) is 5.33. The van der Waals surface area contributed by atoms with Crippen LogP contribution in [0.15, 0.2) is 0 Å². The number of rotatable bonds is 12. The Kier molecular flexibility index (Phi) is 12.8. The average molecular weight is 232 g/mol. The number of nitrogens with one attached hydrogen (secondary N) is 1. The number of unbranched alkanes of at least 4 members (excludes halogenated alkanes) is 3. The summed E-state index contributed by atoms with van der Waals surface area (Å²) >= 11 is 0. The molecule has 4 heteroatoms. The monoisotopic (exact) mass is 232 g/mol. The number of hydrogen-bond donors (Lipinski definition) is 2. The lowest BCUT2D eigenvalue weighted by Crippen LogP contribution is -2.31. The van der Waals surface area contributed by atoms with Crippen molar-refractivity contribution in [2.24, 2.45) is 0 Å². The number of aliphatic hydroxyl groups excluding tert-OH is 1. The zero-order valence-electron chi connectivity index (χ0n) is 10.9. The molecule has 0 unspecified atom stereocenters. The lowest BCUT2D eigenvalue weighted by Gasteiger charge is -2.16. The minimum Gasteiger partial charge on any atom is -0.396 e. The molecule has 0 atom stereocenters. The van der Waals surface area contributed by atoms with E-state index in [0.717, 1.165) is 45.6 Å². The van der Waals surface area contributed by atoms with Crippen molar-refractivity contribution in [2.45, 2.75) is 25.7 Å². The lowest BCUT2D eigenvalue weighted by molar-refractivity contribution is 0.161. The summed E-state index contributed by atoms with van der Waals surface area (Å²) in [6.07, 6.45) is 4.51. The Hall–Kier alpha value is -0.160. The molecule has 0 aromatic carbocycles. The molecule has 0 radical (unpaired) electrons. The van der Waals surface area contributed by atoms with Gasteiger partial charge in [0.05, 0.1) is 6.61 Å². The molecule has 0 amide bonds. The summed E-state index contributed by atoms with van der Waals surface area (Å²) in [5.41, 5.74) is 0. The number of aliphatic hydroxyl groups is 1. The van der Waals surface area contributed by atoms with Crippen LogP contribution in [-0.2, 0) is 4.74 Å². The Balaban J connectivity index is 3.02. The first-order chi connectivity index (χ1) is 7.81. The second kappa shape index (κ2) is 12.9. The molecule has 0 aliphatic carbocycles. The first-order valence-electron chi connectivity index (χ1n) is 6.30. The van der Waals surface area contributed by atoms with Gasteiger partial charge < -0.3 is 20.1 Å². The highest BCUT2D eigenvalue weighted by molar-refractivity contribution is 4.55. The number of likely N-dealkylation sites (N-methyl/N-ethyl adjacent to an activating group) is 1. The summed E-state index contributed by atoms with van der Waals surface area (Å²) < 4.78 is 5.01. The highest BCUT2D eigenvalue weighted by atomic mass is 16.5. The largest absolute Gasteiger partial charge is 0.396 e. The maximum atomic E-state index is 8.61. The van der Waals surface area contributed by atoms with Crippen molar-refractivity contribution >= 4 is 0 Å². The topological polar surface area (TPSA) is 44.7 Å². The van der Waals surface area contributed by atoms with Crippen molar-refractivity contribution in [1.29, 1.82) is 0 Å². The van der Waals surface area contributed by atoms with E-state index in [1.165, 1.54) is 12.8 Å². The zero-order valence-corrected chi connectivity index (χ0v) is 10.9. The SMILES string of the molecule is COCCN(C)CCNCCCCCCO. The van der Waals surface area contributed by atoms with Crippen LogP contribution in [0.25, 0.3) is 0 Å². The van der Waals surface area contributed by atoms with Crippen LogP contribution < -0.4 is 5.32 Å². The third-order valence-electron chi connectivity index (χ3n) is 2.61. The molecule has 2 N–H and O–H groups in total. The van der Waals surface area contributed by atoms with E-state index in [-0.39, 0.29) is 0 Å². The van der Waals surface area contributed by atoms with E-state index >= 15 is 0 Å². The minimum absolute atomic E-state index is 0.331. The second-order valence-electron chi connectivity index (χ2n) is 4.18. The molecule has 0 aromatic heterocycles. The van der Waals surface area contributed by atoms with Crippen LogP contribution in [0, 0.1) is 0 Å². The standard InChI is InChI=1S/C12H28N2O2/c1-14(10-12-16-2)9-8-13-7-5-3-4-6-11-15/h13,15H,3-12H2,1-2H3. The first kappa shape index (κ1) is 15.8. The number of nitrogens with zero attached hydrogens (tertiary/aromatic N) is 1. The molecular weight excluding hydrogens is 204 g/mol. The number of hydrogen-bond acceptors (Lipinski definition) is 4. The molecule has 0 aliphatic rings. The third-order valence-corrected chi connectivity index (χ3v) is 2.61. The summed E-state index contributed by atoms with van der Waals surface area (Å²) in [5, 5.41) is 12.0. The second-order valence-corrected chi connectivity index (χ2v) is 4.18. The Bertz CT molecular complexity index is 134. The molecule has 0 fully saturated rings. The molecule has 0 rings (SSSR count). The van der Waals surface area contributed by atoms with E-state index in [4.69, 9.17) is 9.84 Å². The molecule has 0 heterocycles.